The predicted octanol–water partition coefficient (Wildman–Crippen LogP) is 5.50. The van der Waals surface area contributed by atoms with Gasteiger partial charge in [-0.05, 0) is 75.1 Å². The molecule has 0 saturated carbocycles. The molecular weight excluding hydrogens is 422 g/mol. The third-order valence-corrected chi connectivity index (χ3v) is 7.22. The smallest absolute Gasteiger partial charge is 0.270 e. The van der Waals surface area contributed by atoms with Gasteiger partial charge in [-0.2, -0.15) is 0 Å². The Morgan fingerprint density at radius 3 is 2.19 bits per heavy atom. The maximum atomic E-state index is 13.5. The van der Waals surface area contributed by atoms with Gasteiger partial charge in [0.15, 0.2) is 0 Å². The molecular formula is C26H29NO4S. The first-order chi connectivity index (χ1) is 15.2. The highest BCUT2D eigenvalue weighted by Gasteiger charge is 2.31. The first kappa shape index (κ1) is 23.5. The number of carbonyl (C=O) groups is 1. The lowest BCUT2D eigenvalue weighted by atomic mass is 10.1. The Labute approximate surface area is 190 Å². The van der Waals surface area contributed by atoms with Gasteiger partial charge in [-0.25, -0.2) is 12.7 Å². The van der Waals surface area contributed by atoms with E-state index < -0.39 is 15.9 Å². The molecule has 0 aliphatic rings. The number of nitrogens with zero attached hydrogens (tertiary/aromatic N) is 1. The molecule has 168 valence electrons. The second-order valence-electron chi connectivity index (χ2n) is 7.91. The van der Waals surface area contributed by atoms with E-state index in [0.717, 1.165) is 32.3 Å². The maximum absolute atomic E-state index is 13.5. The van der Waals surface area contributed by atoms with E-state index in [1.54, 1.807) is 24.3 Å². The van der Waals surface area contributed by atoms with E-state index >= 15 is 0 Å². The lowest BCUT2D eigenvalue weighted by Gasteiger charge is -2.25. The van der Waals surface area contributed by atoms with Gasteiger partial charge in [0.25, 0.3) is 10.0 Å². The number of ether oxygens (including phenoxy) is 1. The number of hydrogen-bond acceptors (Lipinski definition) is 4. The summed E-state index contributed by atoms with van der Waals surface area (Å²) >= 11 is 0. The third-order valence-electron chi connectivity index (χ3n) is 5.47. The summed E-state index contributed by atoms with van der Waals surface area (Å²) in [5.74, 6) is 0.284. The highest BCUT2D eigenvalue weighted by atomic mass is 32.2. The molecule has 3 aromatic rings. The van der Waals surface area contributed by atoms with Crippen LogP contribution < -0.4 is 9.04 Å². The van der Waals surface area contributed by atoms with Crippen LogP contribution in [0.25, 0.3) is 0 Å². The number of sulfonamides is 1. The van der Waals surface area contributed by atoms with Crippen LogP contribution in [0.1, 0.15) is 35.1 Å². The number of benzene rings is 3. The molecule has 0 spiro atoms. The van der Waals surface area contributed by atoms with Gasteiger partial charge in [0.05, 0.1) is 17.2 Å². The van der Waals surface area contributed by atoms with Crippen molar-refractivity contribution >= 4 is 21.6 Å². The summed E-state index contributed by atoms with van der Waals surface area (Å²) in [5.41, 5.74) is 4.02. The van der Waals surface area contributed by atoms with E-state index in [1.807, 2.05) is 58.0 Å². The van der Waals surface area contributed by atoms with Crippen LogP contribution in [0.5, 0.6) is 5.75 Å². The van der Waals surface area contributed by atoms with Crippen LogP contribution in [-0.2, 0) is 14.8 Å². The van der Waals surface area contributed by atoms with E-state index in [9.17, 15) is 13.2 Å². The van der Waals surface area contributed by atoms with E-state index in [-0.39, 0.29) is 11.3 Å². The van der Waals surface area contributed by atoms with Crippen LogP contribution in [0.15, 0.2) is 71.6 Å². The number of hydrogen-bond donors (Lipinski definition) is 0. The first-order valence-corrected chi connectivity index (χ1v) is 12.1. The molecule has 0 aliphatic heterocycles. The van der Waals surface area contributed by atoms with Crippen LogP contribution in [0, 0.1) is 27.7 Å². The Hall–Kier alpha value is -3.12. The molecule has 3 aromatic carbocycles. The van der Waals surface area contributed by atoms with Gasteiger partial charge in [0.1, 0.15) is 5.75 Å². The highest BCUT2D eigenvalue weighted by molar-refractivity contribution is 7.93. The van der Waals surface area contributed by atoms with E-state index in [1.165, 1.54) is 12.1 Å². The zero-order valence-electron chi connectivity index (χ0n) is 19.0. The van der Waals surface area contributed by atoms with Gasteiger partial charge in [-0.3, -0.25) is 4.79 Å². The molecule has 32 heavy (non-hydrogen) atoms. The van der Waals surface area contributed by atoms with Crippen LogP contribution in [0.3, 0.4) is 0 Å². The topological polar surface area (TPSA) is 63.7 Å². The second kappa shape index (κ2) is 10.0. The largest absolute Gasteiger partial charge is 0.493 e. The molecule has 0 N–H and O–H groups in total. The van der Waals surface area contributed by atoms with Crippen molar-refractivity contribution in [1.82, 2.24) is 0 Å². The summed E-state index contributed by atoms with van der Waals surface area (Å²) in [6, 6.07) is 19.5. The predicted molar refractivity (Wildman–Crippen MR) is 128 cm³/mol. The number of anilines is 1. The monoisotopic (exact) mass is 451 g/mol. The SMILES string of the molecule is Cc1ccc(S(=O)(=O)N(C(=O)CCCOc2ccccc2C)c2cccc(C)c2C)cc1. The van der Waals surface area contributed by atoms with Crippen molar-refractivity contribution < 1.29 is 17.9 Å². The third kappa shape index (κ3) is 5.19. The lowest BCUT2D eigenvalue weighted by molar-refractivity contribution is -0.117. The van der Waals surface area contributed by atoms with Crippen molar-refractivity contribution in [3.05, 3.63) is 89.0 Å². The van der Waals surface area contributed by atoms with E-state index in [4.69, 9.17) is 4.74 Å². The summed E-state index contributed by atoms with van der Waals surface area (Å²) in [7, 11) is -4.06. The quantitative estimate of drug-likeness (QED) is 0.424. The highest BCUT2D eigenvalue weighted by Crippen LogP contribution is 2.30. The number of carbonyl (C=O) groups excluding carboxylic acids is 1. The number of aryl methyl sites for hydroxylation is 3. The Morgan fingerprint density at radius 1 is 0.844 bits per heavy atom. The molecule has 1 amide bonds. The molecule has 0 fully saturated rings. The van der Waals surface area contributed by atoms with Gasteiger partial charge in [0.2, 0.25) is 5.91 Å². The van der Waals surface area contributed by atoms with Crippen LogP contribution in [0.2, 0.25) is 0 Å². The molecule has 0 heterocycles. The summed E-state index contributed by atoms with van der Waals surface area (Å²) in [6.45, 7) is 7.89. The van der Waals surface area contributed by atoms with Gasteiger partial charge in [0, 0.05) is 6.42 Å². The fraction of sp³-hybridized carbons (Fsp3) is 0.269. The molecule has 0 radical (unpaired) electrons. The van der Waals surface area contributed by atoms with Gasteiger partial charge in [-0.15, -0.1) is 0 Å². The van der Waals surface area contributed by atoms with Crippen molar-refractivity contribution in [3.8, 4) is 5.75 Å². The first-order valence-electron chi connectivity index (χ1n) is 10.6. The molecule has 0 aromatic heterocycles. The minimum absolute atomic E-state index is 0.0460. The molecule has 0 bridgehead atoms. The van der Waals surface area contributed by atoms with Crippen molar-refractivity contribution in [1.29, 1.82) is 0 Å². The summed E-state index contributed by atoms with van der Waals surface area (Å²) in [6.07, 6.45) is 0.447. The summed E-state index contributed by atoms with van der Waals surface area (Å²) < 4.78 is 33.8. The Balaban J connectivity index is 1.85. The van der Waals surface area contributed by atoms with Crippen molar-refractivity contribution in [2.45, 2.75) is 45.4 Å². The van der Waals surface area contributed by atoms with Gasteiger partial charge in [-0.1, -0.05) is 48.0 Å². The Kier molecular flexibility index (Phi) is 7.36. The molecule has 0 unspecified atom stereocenters. The molecule has 5 nitrogen and oxygen atoms in total. The summed E-state index contributed by atoms with van der Waals surface area (Å²) in [4.78, 5) is 13.4. The fourth-order valence-corrected chi connectivity index (χ4v) is 4.90. The number of amides is 1. The van der Waals surface area contributed by atoms with Gasteiger partial charge >= 0.3 is 0 Å². The van der Waals surface area contributed by atoms with Gasteiger partial charge < -0.3 is 4.74 Å². The molecule has 0 aliphatic carbocycles. The average Bonchev–Trinajstić information content (AvgIpc) is 2.76. The standard InChI is InChI=1S/C26H29NO4S/c1-19-14-16-23(17-15-19)32(29,30)27(24-11-7-10-20(2)22(24)4)26(28)13-8-18-31-25-12-6-5-9-21(25)3/h5-7,9-12,14-17H,8,13,18H2,1-4H3. The van der Waals surface area contributed by atoms with E-state index in [0.29, 0.717) is 18.7 Å². The second-order valence-corrected chi connectivity index (χ2v) is 9.70. The molecule has 6 heteroatoms. The molecule has 3 rings (SSSR count). The van der Waals surface area contributed by atoms with Crippen molar-refractivity contribution in [2.24, 2.45) is 0 Å². The summed E-state index contributed by atoms with van der Waals surface area (Å²) in [5, 5.41) is 0. The molecule has 0 atom stereocenters. The zero-order valence-corrected chi connectivity index (χ0v) is 19.8. The van der Waals surface area contributed by atoms with Crippen LogP contribution in [-0.4, -0.2) is 20.9 Å². The van der Waals surface area contributed by atoms with Crippen molar-refractivity contribution in [2.75, 3.05) is 10.9 Å². The number of para-hydroxylation sites is 1. The Morgan fingerprint density at radius 2 is 1.50 bits per heavy atom. The zero-order chi connectivity index (χ0) is 23.3. The number of rotatable bonds is 8. The van der Waals surface area contributed by atoms with Crippen LogP contribution >= 0.6 is 0 Å². The minimum Gasteiger partial charge on any atom is -0.493 e. The van der Waals surface area contributed by atoms with Crippen LogP contribution in [0.4, 0.5) is 5.69 Å². The van der Waals surface area contributed by atoms with E-state index in [2.05, 4.69) is 0 Å². The maximum Gasteiger partial charge on any atom is 0.270 e. The Bertz CT molecular complexity index is 1200. The normalized spacial score (nSPS) is 11.2. The fourth-order valence-electron chi connectivity index (χ4n) is 3.39. The minimum atomic E-state index is -4.06. The van der Waals surface area contributed by atoms with Crippen molar-refractivity contribution in [3.63, 3.8) is 0 Å². The average molecular weight is 452 g/mol. The lowest BCUT2D eigenvalue weighted by Crippen LogP contribution is -2.37. The molecule has 0 saturated heterocycles.